The molecule has 4 fully saturated rings. The Morgan fingerprint density at radius 1 is 1.04 bits per heavy atom. The van der Waals surface area contributed by atoms with Gasteiger partial charge in [-0.05, 0) is 45.4 Å². The molecular weight excluding hydrogens is 463 g/mol. The predicted octanol–water partition coefficient (Wildman–Crippen LogP) is 3.77. The van der Waals surface area contributed by atoms with Crippen molar-refractivity contribution in [3.63, 3.8) is 0 Å². The summed E-state index contributed by atoms with van der Waals surface area (Å²) in [5.41, 5.74) is 0.188. The van der Waals surface area contributed by atoms with Crippen LogP contribution in [-0.4, -0.2) is 61.3 Å². The number of hydrogen-bond donors (Lipinski definition) is 2. The highest BCUT2D eigenvalue weighted by Gasteiger charge is 2.58. The van der Waals surface area contributed by atoms with Crippen LogP contribution in [0.25, 0.3) is 0 Å². The monoisotopic (exact) mass is 504 g/mol. The van der Waals surface area contributed by atoms with E-state index < -0.39 is 0 Å². The smallest absolute Gasteiger partial charge is 0.191 e. The lowest BCUT2D eigenvalue weighted by molar-refractivity contribution is -0.188. The molecule has 3 unspecified atom stereocenters. The molecule has 28 heavy (non-hydrogen) atoms. The Morgan fingerprint density at radius 3 is 2.43 bits per heavy atom. The number of halogens is 1. The number of nitrogens with one attached hydrogen (secondary N) is 2. The molecule has 2 aliphatic carbocycles. The van der Waals surface area contributed by atoms with Gasteiger partial charge in [0.2, 0.25) is 0 Å². The van der Waals surface area contributed by atoms with Crippen molar-refractivity contribution in [2.45, 2.75) is 96.4 Å². The first kappa shape index (κ1) is 22.6. The maximum atomic E-state index is 6.07. The topological polar surface area (TPSA) is 48.9 Å². The fourth-order valence-electron chi connectivity index (χ4n) is 6.13. The zero-order valence-electron chi connectivity index (χ0n) is 18.1. The van der Waals surface area contributed by atoms with E-state index in [0.29, 0.717) is 24.1 Å². The second kappa shape index (κ2) is 9.82. The van der Waals surface area contributed by atoms with Gasteiger partial charge in [-0.25, -0.2) is 0 Å². The lowest BCUT2D eigenvalue weighted by Crippen LogP contribution is -2.71. The van der Waals surface area contributed by atoms with Crippen molar-refractivity contribution in [3.8, 4) is 0 Å². The third-order valence-corrected chi connectivity index (χ3v) is 7.65. The van der Waals surface area contributed by atoms with E-state index in [9.17, 15) is 0 Å². The Bertz CT molecular complexity index is 527. The molecule has 0 spiro atoms. The normalized spacial score (nSPS) is 34.2. The van der Waals surface area contributed by atoms with Crippen molar-refractivity contribution >= 4 is 29.9 Å². The molecule has 2 aliphatic heterocycles. The second-order valence-corrected chi connectivity index (χ2v) is 9.76. The molecule has 5 nitrogen and oxygen atoms in total. The van der Waals surface area contributed by atoms with Gasteiger partial charge >= 0.3 is 0 Å². The summed E-state index contributed by atoms with van der Waals surface area (Å²) in [5.74, 6) is 1.67. The fraction of sp³-hybridized carbons (Fsp3) is 0.955. The minimum absolute atomic E-state index is 0. The summed E-state index contributed by atoms with van der Waals surface area (Å²) in [4.78, 5) is 7.52. The number of fused-ring (bicyclic) bond motifs is 1. The third-order valence-electron chi connectivity index (χ3n) is 7.65. The number of piperidine rings is 1. The molecule has 0 amide bonds. The van der Waals surface area contributed by atoms with E-state index in [4.69, 9.17) is 9.73 Å². The molecule has 2 N–H and O–H groups in total. The van der Waals surface area contributed by atoms with Gasteiger partial charge < -0.3 is 20.3 Å². The van der Waals surface area contributed by atoms with Gasteiger partial charge in [-0.15, -0.1) is 24.0 Å². The maximum Gasteiger partial charge on any atom is 0.191 e. The first-order valence-electron chi connectivity index (χ1n) is 11.5. The van der Waals surface area contributed by atoms with E-state index in [1.807, 2.05) is 0 Å². The van der Waals surface area contributed by atoms with Crippen molar-refractivity contribution in [1.82, 2.24) is 15.5 Å². The Labute approximate surface area is 188 Å². The molecule has 0 radical (unpaired) electrons. The van der Waals surface area contributed by atoms with Gasteiger partial charge in [-0.3, -0.25) is 4.99 Å². The molecule has 2 heterocycles. The number of rotatable bonds is 4. The number of nitrogens with zero attached hydrogens (tertiary/aromatic N) is 2. The number of ether oxygens (including phenoxy) is 1. The van der Waals surface area contributed by atoms with Crippen LogP contribution in [0, 0.1) is 11.3 Å². The fourth-order valence-corrected chi connectivity index (χ4v) is 6.13. The molecule has 3 atom stereocenters. The van der Waals surface area contributed by atoms with Crippen LogP contribution in [0.15, 0.2) is 4.99 Å². The van der Waals surface area contributed by atoms with Gasteiger partial charge in [0.05, 0.1) is 6.10 Å². The molecule has 2 saturated heterocycles. The van der Waals surface area contributed by atoms with Crippen LogP contribution in [0.3, 0.4) is 0 Å². The molecule has 6 heteroatoms. The summed E-state index contributed by atoms with van der Waals surface area (Å²) < 4.78 is 6.07. The van der Waals surface area contributed by atoms with E-state index >= 15 is 0 Å². The summed E-state index contributed by atoms with van der Waals surface area (Å²) >= 11 is 0. The molecule has 162 valence electrons. The summed E-state index contributed by atoms with van der Waals surface area (Å²) in [5, 5.41) is 7.57. The first-order valence-corrected chi connectivity index (χ1v) is 11.5. The summed E-state index contributed by atoms with van der Waals surface area (Å²) in [6, 6.07) is 1.90. The SMILES string of the molecule is CCN=C(NC1CCN(C2CCCC2)CC1)NC1C2CCCOC2C1(C)C.I. The summed E-state index contributed by atoms with van der Waals surface area (Å²) in [7, 11) is 0. The van der Waals surface area contributed by atoms with Gasteiger partial charge in [0.1, 0.15) is 0 Å². The maximum absolute atomic E-state index is 6.07. The zero-order valence-corrected chi connectivity index (χ0v) is 20.4. The van der Waals surface area contributed by atoms with E-state index in [0.717, 1.165) is 25.2 Å². The highest BCUT2D eigenvalue weighted by atomic mass is 127. The standard InChI is InChI=1S/C22H40N4O.HI/c1-4-23-21(25-19-18-10-7-15-27-20(18)22(19,2)3)24-16-11-13-26(14-12-16)17-8-5-6-9-17;/h16-20H,4-15H2,1-3H3,(H2,23,24,25);1H. The Balaban J connectivity index is 0.00000225. The van der Waals surface area contributed by atoms with E-state index in [1.165, 1.54) is 64.5 Å². The number of guanidine groups is 1. The van der Waals surface area contributed by atoms with Crippen LogP contribution in [-0.2, 0) is 4.74 Å². The van der Waals surface area contributed by atoms with Gasteiger partial charge in [0.15, 0.2) is 5.96 Å². The van der Waals surface area contributed by atoms with Crippen LogP contribution < -0.4 is 10.6 Å². The van der Waals surface area contributed by atoms with E-state index in [-0.39, 0.29) is 29.4 Å². The van der Waals surface area contributed by atoms with Crippen LogP contribution in [0.1, 0.15) is 72.1 Å². The Hall–Kier alpha value is -0.0800. The Morgan fingerprint density at radius 2 is 1.75 bits per heavy atom. The van der Waals surface area contributed by atoms with E-state index in [1.54, 1.807) is 0 Å². The minimum atomic E-state index is 0. The van der Waals surface area contributed by atoms with Crippen LogP contribution in [0.2, 0.25) is 0 Å². The van der Waals surface area contributed by atoms with Crippen LogP contribution >= 0.6 is 24.0 Å². The lowest BCUT2D eigenvalue weighted by atomic mass is 9.55. The van der Waals surface area contributed by atoms with Crippen LogP contribution in [0.4, 0.5) is 0 Å². The molecule has 4 rings (SSSR count). The van der Waals surface area contributed by atoms with Crippen molar-refractivity contribution in [1.29, 1.82) is 0 Å². The van der Waals surface area contributed by atoms with Crippen molar-refractivity contribution in [3.05, 3.63) is 0 Å². The van der Waals surface area contributed by atoms with Gasteiger partial charge in [0.25, 0.3) is 0 Å². The second-order valence-electron chi connectivity index (χ2n) is 9.76. The van der Waals surface area contributed by atoms with E-state index in [2.05, 4.69) is 36.3 Å². The molecule has 0 aromatic rings. The predicted molar refractivity (Wildman–Crippen MR) is 127 cm³/mol. The largest absolute Gasteiger partial charge is 0.377 e. The Kier molecular flexibility index (Phi) is 7.93. The molecule has 2 saturated carbocycles. The minimum Gasteiger partial charge on any atom is -0.377 e. The zero-order chi connectivity index (χ0) is 18.9. The average molecular weight is 505 g/mol. The highest BCUT2D eigenvalue weighted by Crippen LogP contribution is 2.51. The number of aliphatic imine (C=N–C) groups is 1. The molecule has 0 bridgehead atoms. The lowest BCUT2D eigenvalue weighted by Gasteiger charge is -2.60. The number of hydrogen-bond acceptors (Lipinski definition) is 3. The first-order chi connectivity index (χ1) is 13.1. The molecular formula is C22H41IN4O. The highest BCUT2D eigenvalue weighted by molar-refractivity contribution is 14.0. The molecule has 0 aromatic heterocycles. The summed E-state index contributed by atoms with van der Waals surface area (Å²) in [6.45, 7) is 11.1. The third kappa shape index (κ3) is 4.64. The summed E-state index contributed by atoms with van der Waals surface area (Å²) in [6.07, 6.45) is 11.1. The van der Waals surface area contributed by atoms with Crippen molar-refractivity contribution in [2.24, 2.45) is 16.3 Å². The van der Waals surface area contributed by atoms with Gasteiger partial charge in [-0.1, -0.05) is 26.7 Å². The quantitative estimate of drug-likeness (QED) is 0.348. The average Bonchev–Trinajstić information content (AvgIpc) is 3.21. The van der Waals surface area contributed by atoms with Crippen molar-refractivity contribution < 1.29 is 4.74 Å². The van der Waals surface area contributed by atoms with Crippen LogP contribution in [0.5, 0.6) is 0 Å². The van der Waals surface area contributed by atoms with Gasteiger partial charge in [-0.2, -0.15) is 0 Å². The number of likely N-dealkylation sites (tertiary alicyclic amines) is 1. The molecule has 4 aliphatic rings. The van der Waals surface area contributed by atoms with Crippen molar-refractivity contribution in [2.75, 3.05) is 26.2 Å². The van der Waals surface area contributed by atoms with Gasteiger partial charge in [0, 0.05) is 55.7 Å². The molecule has 0 aromatic carbocycles.